The molecule has 0 atom stereocenters. The molecule has 3 aromatic rings. The zero-order chi connectivity index (χ0) is 21.8. The topological polar surface area (TPSA) is 74.9 Å². The van der Waals surface area contributed by atoms with Crippen LogP contribution in [0.5, 0.6) is 0 Å². The minimum Gasteiger partial charge on any atom is -0.455 e. The lowest BCUT2D eigenvalue weighted by Gasteiger charge is -2.16. The van der Waals surface area contributed by atoms with Crippen molar-refractivity contribution in [2.45, 2.75) is 32.6 Å². The van der Waals surface area contributed by atoms with E-state index < -0.39 is 0 Å². The third kappa shape index (κ3) is 4.43. The molecule has 6 nitrogen and oxygen atoms in total. The number of hydrazone groups is 1. The molecule has 158 valence electrons. The first-order chi connectivity index (χ1) is 15.0. The maximum absolute atomic E-state index is 13.1. The average Bonchev–Trinajstić information content (AvgIpc) is 3.15. The Hall–Kier alpha value is -3.67. The van der Waals surface area contributed by atoms with E-state index >= 15 is 0 Å². The Morgan fingerprint density at radius 2 is 1.71 bits per heavy atom. The second-order valence-corrected chi connectivity index (χ2v) is 7.66. The first kappa shape index (κ1) is 20.6. The lowest BCUT2D eigenvalue weighted by Crippen LogP contribution is -2.26. The number of benzene rings is 2. The molecule has 1 heterocycles. The van der Waals surface area contributed by atoms with Crippen molar-refractivity contribution >= 4 is 23.2 Å². The molecule has 2 amide bonds. The molecule has 0 radical (unpaired) electrons. The molecular weight excluding hydrogens is 390 g/mol. The molecule has 6 heteroatoms. The smallest absolute Gasteiger partial charge is 0.294 e. The number of carbonyl (C=O) groups excluding carboxylic acids is 2. The van der Waals surface area contributed by atoms with Gasteiger partial charge in [0.2, 0.25) is 5.91 Å². The monoisotopic (exact) mass is 415 g/mol. The maximum Gasteiger partial charge on any atom is 0.294 e. The molecule has 0 saturated carbocycles. The van der Waals surface area contributed by atoms with Gasteiger partial charge in [-0.3, -0.25) is 9.59 Å². The number of para-hydroxylation sites is 1. The van der Waals surface area contributed by atoms with E-state index in [1.807, 2.05) is 67.6 Å². The second kappa shape index (κ2) is 9.00. The number of rotatable bonds is 5. The molecule has 0 bridgehead atoms. The summed E-state index contributed by atoms with van der Waals surface area (Å²) in [4.78, 5) is 27.0. The summed E-state index contributed by atoms with van der Waals surface area (Å²) < 4.78 is 5.99. The van der Waals surface area contributed by atoms with E-state index in [0.717, 1.165) is 53.1 Å². The third-order valence-electron chi connectivity index (χ3n) is 5.49. The molecule has 2 aromatic carbocycles. The van der Waals surface area contributed by atoms with Crippen molar-refractivity contribution in [2.75, 3.05) is 11.9 Å². The summed E-state index contributed by atoms with van der Waals surface area (Å²) in [7, 11) is 1.73. The van der Waals surface area contributed by atoms with E-state index in [-0.39, 0.29) is 18.2 Å². The van der Waals surface area contributed by atoms with Gasteiger partial charge in [0.15, 0.2) is 5.76 Å². The number of hydrogen-bond donors (Lipinski definition) is 1. The Bertz CT molecular complexity index is 1120. The van der Waals surface area contributed by atoms with Gasteiger partial charge in [0.05, 0.1) is 12.1 Å². The number of hydrogen-bond acceptors (Lipinski definition) is 4. The van der Waals surface area contributed by atoms with Gasteiger partial charge < -0.3 is 9.32 Å². The average molecular weight is 415 g/mol. The number of nitrogens with one attached hydrogen (secondary N) is 1. The van der Waals surface area contributed by atoms with Crippen LogP contribution in [-0.4, -0.2) is 24.6 Å². The molecule has 31 heavy (non-hydrogen) atoms. The fraction of sp³-hybridized carbons (Fsp3) is 0.240. The predicted octanol–water partition coefficient (Wildman–Crippen LogP) is 4.26. The van der Waals surface area contributed by atoms with E-state index in [1.165, 1.54) is 0 Å². The summed E-state index contributed by atoms with van der Waals surface area (Å²) in [5.41, 5.74) is 6.76. The molecule has 4 rings (SSSR count). The van der Waals surface area contributed by atoms with Crippen LogP contribution < -0.4 is 10.3 Å². The predicted molar refractivity (Wildman–Crippen MR) is 120 cm³/mol. The number of furan rings is 1. The van der Waals surface area contributed by atoms with Gasteiger partial charge in [-0.25, -0.2) is 5.43 Å². The van der Waals surface area contributed by atoms with Gasteiger partial charge >= 0.3 is 0 Å². The Labute approximate surface area is 181 Å². The molecule has 0 saturated heterocycles. The maximum atomic E-state index is 13.1. The molecular formula is C25H25N3O3. The van der Waals surface area contributed by atoms with Gasteiger partial charge in [-0.05, 0) is 37.5 Å². The first-order valence-electron chi connectivity index (χ1n) is 10.4. The van der Waals surface area contributed by atoms with Crippen molar-refractivity contribution in [3.63, 3.8) is 0 Å². The summed E-state index contributed by atoms with van der Waals surface area (Å²) in [6, 6.07) is 19.0. The zero-order valence-corrected chi connectivity index (χ0v) is 17.7. The fourth-order valence-corrected chi connectivity index (χ4v) is 3.86. The Morgan fingerprint density at radius 1 is 1.03 bits per heavy atom. The molecule has 1 aliphatic carbocycles. The van der Waals surface area contributed by atoms with Crippen molar-refractivity contribution < 1.29 is 14.0 Å². The second-order valence-electron chi connectivity index (χ2n) is 7.66. The van der Waals surface area contributed by atoms with Crippen LogP contribution in [0.4, 0.5) is 5.69 Å². The van der Waals surface area contributed by atoms with Crippen LogP contribution in [0.3, 0.4) is 0 Å². The van der Waals surface area contributed by atoms with E-state index in [1.54, 1.807) is 11.9 Å². The van der Waals surface area contributed by atoms with E-state index in [9.17, 15) is 9.59 Å². The molecule has 1 aliphatic rings. The number of aryl methyl sites for hydroxylation is 1. The van der Waals surface area contributed by atoms with Crippen LogP contribution in [0.25, 0.3) is 0 Å². The quantitative estimate of drug-likeness (QED) is 0.633. The van der Waals surface area contributed by atoms with Crippen molar-refractivity contribution in [1.82, 2.24) is 5.43 Å². The zero-order valence-electron chi connectivity index (χ0n) is 17.7. The largest absolute Gasteiger partial charge is 0.455 e. The molecule has 0 spiro atoms. The number of carbonyl (C=O) groups is 2. The van der Waals surface area contributed by atoms with Gasteiger partial charge in [-0.2, -0.15) is 5.10 Å². The summed E-state index contributed by atoms with van der Waals surface area (Å²) in [5.74, 6) is 0.698. The van der Waals surface area contributed by atoms with Crippen LogP contribution in [0.2, 0.25) is 0 Å². The number of fused-ring (bicyclic) bond motifs is 1. The van der Waals surface area contributed by atoms with Crippen LogP contribution in [-0.2, 0) is 17.6 Å². The molecule has 1 aromatic heterocycles. The number of amides is 2. The minimum atomic E-state index is -0.203. The summed E-state index contributed by atoms with van der Waals surface area (Å²) in [6.45, 7) is 1.88. The van der Waals surface area contributed by atoms with E-state index in [4.69, 9.17) is 4.42 Å². The van der Waals surface area contributed by atoms with Crippen molar-refractivity contribution in [3.8, 4) is 0 Å². The first-order valence-corrected chi connectivity index (χ1v) is 10.4. The highest BCUT2D eigenvalue weighted by Gasteiger charge is 2.29. The normalized spacial score (nSPS) is 14.2. The van der Waals surface area contributed by atoms with E-state index in [2.05, 4.69) is 10.5 Å². The van der Waals surface area contributed by atoms with Gasteiger partial charge in [-0.15, -0.1) is 0 Å². The number of anilines is 1. The highest BCUT2D eigenvalue weighted by atomic mass is 16.4. The van der Waals surface area contributed by atoms with E-state index in [0.29, 0.717) is 5.76 Å². The summed E-state index contributed by atoms with van der Waals surface area (Å²) in [6.07, 6.45) is 2.59. The molecule has 1 N–H and O–H groups in total. The molecule has 0 unspecified atom stereocenters. The molecule has 0 fully saturated rings. The third-order valence-corrected chi connectivity index (χ3v) is 5.49. The van der Waals surface area contributed by atoms with Crippen LogP contribution in [0.1, 0.15) is 45.8 Å². The molecule has 0 aliphatic heterocycles. The van der Waals surface area contributed by atoms with Crippen LogP contribution >= 0.6 is 0 Å². The Kier molecular flexibility index (Phi) is 5.98. The van der Waals surface area contributed by atoms with Crippen molar-refractivity contribution in [2.24, 2.45) is 5.10 Å². The van der Waals surface area contributed by atoms with Crippen LogP contribution in [0, 0.1) is 6.92 Å². The van der Waals surface area contributed by atoms with Gasteiger partial charge in [0.1, 0.15) is 5.76 Å². The van der Waals surface area contributed by atoms with Crippen LogP contribution in [0.15, 0.2) is 70.2 Å². The van der Waals surface area contributed by atoms with Gasteiger partial charge in [-0.1, -0.05) is 48.5 Å². The standard InChI is InChI=1S/C25H25N3O3/c1-17-23-20(26-27-22(29)16-18-10-5-3-6-11-18)14-9-15-21(23)31-24(17)25(30)28(2)19-12-7-4-8-13-19/h3-8,10-13H,9,14-16H2,1-2H3,(H,27,29)/b26-20+. The minimum absolute atomic E-state index is 0.174. The fourth-order valence-electron chi connectivity index (χ4n) is 3.86. The van der Waals surface area contributed by atoms with Crippen molar-refractivity contribution in [1.29, 1.82) is 0 Å². The number of nitrogens with zero attached hydrogens (tertiary/aromatic N) is 2. The summed E-state index contributed by atoms with van der Waals surface area (Å²) in [5, 5.41) is 4.39. The van der Waals surface area contributed by atoms with Gasteiger partial charge in [0.25, 0.3) is 5.91 Å². The Balaban J connectivity index is 1.55. The summed E-state index contributed by atoms with van der Waals surface area (Å²) >= 11 is 0. The SMILES string of the molecule is Cc1c(C(=O)N(C)c2ccccc2)oc2c1/C(=N/NC(=O)Cc1ccccc1)CCC2. The highest BCUT2D eigenvalue weighted by molar-refractivity contribution is 6.10. The lowest BCUT2D eigenvalue weighted by atomic mass is 9.93. The van der Waals surface area contributed by atoms with Gasteiger partial charge in [0, 0.05) is 30.3 Å². The highest BCUT2D eigenvalue weighted by Crippen LogP contribution is 2.31. The Morgan fingerprint density at radius 3 is 2.42 bits per heavy atom. The van der Waals surface area contributed by atoms with Crippen molar-refractivity contribution in [3.05, 3.63) is 88.9 Å². The lowest BCUT2D eigenvalue weighted by molar-refractivity contribution is -0.120.